The first-order chi connectivity index (χ1) is 7.14. The highest BCUT2D eigenvalue weighted by Gasteiger charge is 2.12. The molecule has 0 radical (unpaired) electrons. The number of nitrogens with one attached hydrogen (secondary N) is 1. The molecule has 5 nitrogen and oxygen atoms in total. The molecular weight excluding hydrogens is 234 g/mol. The first-order valence-electron chi connectivity index (χ1n) is 5.11. The average molecular weight is 253 g/mol. The summed E-state index contributed by atoms with van der Waals surface area (Å²) in [4.78, 5) is 2.28. The van der Waals surface area contributed by atoms with Crippen LogP contribution in [0, 0.1) is 0 Å². The summed E-state index contributed by atoms with van der Waals surface area (Å²) in [5.74, 6) is 2.31. The molecule has 0 amide bonds. The van der Waals surface area contributed by atoms with Crippen molar-refractivity contribution in [2.75, 3.05) is 50.0 Å². The third-order valence-corrected chi connectivity index (χ3v) is 4.60. The fraction of sp³-hybridized carbons (Fsp3) is 1.00. The summed E-state index contributed by atoms with van der Waals surface area (Å²) >= 11 is 1.95. The van der Waals surface area contributed by atoms with Gasteiger partial charge in [0, 0.05) is 44.2 Å². The quantitative estimate of drug-likeness (QED) is 0.629. The number of thioether (sulfide) groups is 1. The summed E-state index contributed by atoms with van der Waals surface area (Å²) in [6, 6.07) is 0. The molecule has 7 heteroatoms. The van der Waals surface area contributed by atoms with Gasteiger partial charge in [0.25, 0.3) is 0 Å². The largest absolute Gasteiger partial charge is 0.329 e. The van der Waals surface area contributed by atoms with Crippen LogP contribution in [0.3, 0.4) is 0 Å². The van der Waals surface area contributed by atoms with Crippen LogP contribution in [0.4, 0.5) is 0 Å². The molecule has 1 heterocycles. The Balaban J connectivity index is 2.14. The lowest BCUT2D eigenvalue weighted by atomic mass is 10.5. The lowest BCUT2D eigenvalue weighted by Crippen LogP contribution is -2.40. The topological polar surface area (TPSA) is 75.4 Å². The summed E-state index contributed by atoms with van der Waals surface area (Å²) in [6.45, 7) is 3.58. The van der Waals surface area contributed by atoms with Crippen LogP contribution >= 0.6 is 11.8 Å². The Morgan fingerprint density at radius 1 is 1.33 bits per heavy atom. The summed E-state index contributed by atoms with van der Waals surface area (Å²) in [6.07, 6.45) is 0. The van der Waals surface area contributed by atoms with Gasteiger partial charge in [0.15, 0.2) is 0 Å². The predicted molar refractivity (Wildman–Crippen MR) is 64.6 cm³/mol. The number of nitrogens with zero attached hydrogens (tertiary/aromatic N) is 1. The highest BCUT2D eigenvalue weighted by molar-refractivity contribution is 7.99. The molecule has 0 aromatic rings. The number of nitrogens with two attached hydrogens (primary N) is 1. The molecule has 15 heavy (non-hydrogen) atoms. The molecule has 1 aliphatic rings. The summed E-state index contributed by atoms with van der Waals surface area (Å²) < 4.78 is 25.1. The predicted octanol–water partition coefficient (Wildman–Crippen LogP) is -1.09. The average Bonchev–Trinajstić information content (AvgIpc) is 2.19. The van der Waals surface area contributed by atoms with Crippen molar-refractivity contribution in [1.82, 2.24) is 9.62 Å². The summed E-state index contributed by atoms with van der Waals surface area (Å²) in [5.41, 5.74) is 5.20. The van der Waals surface area contributed by atoms with Crippen molar-refractivity contribution in [1.29, 1.82) is 0 Å². The number of hydrogen-bond donors (Lipinski definition) is 2. The Morgan fingerprint density at radius 2 is 2.00 bits per heavy atom. The molecule has 0 aliphatic carbocycles. The van der Waals surface area contributed by atoms with E-state index >= 15 is 0 Å². The monoisotopic (exact) mass is 253 g/mol. The molecular formula is C8H19N3O2S2. The minimum Gasteiger partial charge on any atom is -0.329 e. The molecule has 3 N–H and O–H groups in total. The van der Waals surface area contributed by atoms with Gasteiger partial charge in [0.1, 0.15) is 0 Å². The van der Waals surface area contributed by atoms with Gasteiger partial charge in [-0.2, -0.15) is 11.8 Å². The maximum atomic E-state index is 11.3. The van der Waals surface area contributed by atoms with Crippen molar-refractivity contribution in [3.8, 4) is 0 Å². The molecule has 1 aliphatic heterocycles. The zero-order valence-electron chi connectivity index (χ0n) is 8.81. The van der Waals surface area contributed by atoms with E-state index in [4.69, 9.17) is 5.73 Å². The van der Waals surface area contributed by atoms with E-state index in [2.05, 4.69) is 9.62 Å². The molecule has 90 valence electrons. The highest BCUT2D eigenvalue weighted by atomic mass is 32.2. The Morgan fingerprint density at radius 3 is 2.60 bits per heavy atom. The van der Waals surface area contributed by atoms with E-state index in [0.717, 1.165) is 31.1 Å². The van der Waals surface area contributed by atoms with Crippen LogP contribution in [0.1, 0.15) is 0 Å². The fourth-order valence-corrected chi connectivity index (χ4v) is 3.25. The first kappa shape index (κ1) is 13.2. The Hall–Kier alpha value is 0.180. The first-order valence-corrected chi connectivity index (χ1v) is 7.92. The van der Waals surface area contributed by atoms with Gasteiger partial charge in [-0.05, 0) is 0 Å². The number of hydrogen-bond acceptors (Lipinski definition) is 5. The second-order valence-electron chi connectivity index (χ2n) is 3.46. The van der Waals surface area contributed by atoms with Gasteiger partial charge in [-0.3, -0.25) is 0 Å². The fourth-order valence-electron chi connectivity index (χ4n) is 1.41. The van der Waals surface area contributed by atoms with Crippen LogP contribution < -0.4 is 10.5 Å². The van der Waals surface area contributed by atoms with Gasteiger partial charge in [0.2, 0.25) is 10.0 Å². The third kappa shape index (κ3) is 5.72. The van der Waals surface area contributed by atoms with Crippen LogP contribution in [0.5, 0.6) is 0 Å². The molecule has 1 saturated heterocycles. The van der Waals surface area contributed by atoms with Gasteiger partial charge in [-0.25, -0.2) is 13.1 Å². The molecule has 1 fully saturated rings. The van der Waals surface area contributed by atoms with Crippen LogP contribution in [0.25, 0.3) is 0 Å². The lowest BCUT2D eigenvalue weighted by molar-refractivity contribution is 0.307. The molecule has 1 rings (SSSR count). The zero-order valence-corrected chi connectivity index (χ0v) is 10.4. The van der Waals surface area contributed by atoms with Crippen LogP contribution in [-0.2, 0) is 10.0 Å². The molecule has 0 spiro atoms. The van der Waals surface area contributed by atoms with Crippen molar-refractivity contribution in [3.05, 3.63) is 0 Å². The minimum absolute atomic E-state index is 0.0167. The van der Waals surface area contributed by atoms with Crippen molar-refractivity contribution >= 4 is 21.8 Å². The van der Waals surface area contributed by atoms with Crippen LogP contribution in [-0.4, -0.2) is 63.3 Å². The van der Waals surface area contributed by atoms with Gasteiger partial charge < -0.3 is 10.6 Å². The lowest BCUT2D eigenvalue weighted by Gasteiger charge is -2.25. The number of sulfonamides is 1. The van der Waals surface area contributed by atoms with Gasteiger partial charge in [-0.15, -0.1) is 0 Å². The standard InChI is InChI=1S/C8H19N3O2S2/c9-1-8-15(12,13)10-2-3-11-4-6-14-7-5-11/h10H,1-9H2. The van der Waals surface area contributed by atoms with Crippen molar-refractivity contribution in [2.24, 2.45) is 5.73 Å². The van der Waals surface area contributed by atoms with E-state index in [-0.39, 0.29) is 12.3 Å². The normalized spacial score (nSPS) is 19.3. The summed E-state index contributed by atoms with van der Waals surface area (Å²) in [7, 11) is -3.14. The van der Waals surface area contributed by atoms with E-state index < -0.39 is 10.0 Å². The van der Waals surface area contributed by atoms with E-state index in [1.54, 1.807) is 0 Å². The maximum absolute atomic E-state index is 11.3. The SMILES string of the molecule is NCCS(=O)(=O)NCCN1CCSCC1. The van der Waals surface area contributed by atoms with E-state index in [9.17, 15) is 8.42 Å². The van der Waals surface area contributed by atoms with Gasteiger partial charge >= 0.3 is 0 Å². The van der Waals surface area contributed by atoms with Gasteiger partial charge in [0.05, 0.1) is 5.75 Å². The molecule has 0 aromatic heterocycles. The second kappa shape index (κ2) is 6.70. The van der Waals surface area contributed by atoms with E-state index in [1.807, 2.05) is 11.8 Å². The Labute approximate surface area is 95.8 Å². The molecule has 0 unspecified atom stereocenters. The summed E-state index contributed by atoms with van der Waals surface area (Å²) in [5, 5.41) is 0. The van der Waals surface area contributed by atoms with Crippen molar-refractivity contribution < 1.29 is 8.42 Å². The van der Waals surface area contributed by atoms with Crippen LogP contribution in [0.15, 0.2) is 0 Å². The number of rotatable bonds is 6. The van der Waals surface area contributed by atoms with Gasteiger partial charge in [-0.1, -0.05) is 0 Å². The maximum Gasteiger partial charge on any atom is 0.212 e. The molecule has 0 aromatic carbocycles. The smallest absolute Gasteiger partial charge is 0.212 e. The Kier molecular flexibility index (Phi) is 5.91. The van der Waals surface area contributed by atoms with E-state index in [1.165, 1.54) is 0 Å². The minimum atomic E-state index is -3.14. The second-order valence-corrected chi connectivity index (χ2v) is 6.61. The van der Waals surface area contributed by atoms with Crippen LogP contribution in [0.2, 0.25) is 0 Å². The molecule has 0 bridgehead atoms. The van der Waals surface area contributed by atoms with E-state index in [0.29, 0.717) is 6.54 Å². The Bertz CT molecular complexity index is 263. The third-order valence-electron chi connectivity index (χ3n) is 2.24. The highest BCUT2D eigenvalue weighted by Crippen LogP contribution is 2.07. The molecule has 0 saturated carbocycles. The molecule has 0 atom stereocenters. The zero-order chi connectivity index (χ0) is 11.1. The van der Waals surface area contributed by atoms with Crippen molar-refractivity contribution in [2.45, 2.75) is 0 Å². The van der Waals surface area contributed by atoms with Crippen molar-refractivity contribution in [3.63, 3.8) is 0 Å².